The van der Waals surface area contributed by atoms with Crippen LogP contribution in [0.25, 0.3) is 16.9 Å². The summed E-state index contributed by atoms with van der Waals surface area (Å²) >= 11 is 0. The molecule has 3 rings (SSSR count). The largest absolute Gasteiger partial charge is 0.497 e. The number of ether oxygens (including phenoxy) is 1. The van der Waals surface area contributed by atoms with Crippen molar-refractivity contribution in [1.82, 2.24) is 9.38 Å². The van der Waals surface area contributed by atoms with Gasteiger partial charge in [-0.1, -0.05) is 18.2 Å². The van der Waals surface area contributed by atoms with Crippen LogP contribution < -0.4 is 10.5 Å². The second-order valence-electron chi connectivity index (χ2n) is 4.46. The number of rotatable bonds is 2. The second-order valence-corrected chi connectivity index (χ2v) is 4.46. The number of aromatic nitrogens is 2. The number of anilines is 1. The van der Waals surface area contributed by atoms with E-state index in [0.717, 1.165) is 28.2 Å². The average molecular weight is 253 g/mol. The second kappa shape index (κ2) is 4.31. The molecule has 2 heterocycles. The summed E-state index contributed by atoms with van der Waals surface area (Å²) in [6.45, 7) is 2.02. The number of hydrogen-bond donors (Lipinski definition) is 1. The molecule has 0 atom stereocenters. The van der Waals surface area contributed by atoms with E-state index in [1.54, 1.807) is 7.11 Å². The Labute approximate surface area is 111 Å². The lowest BCUT2D eigenvalue weighted by atomic mass is 10.1. The normalized spacial score (nSPS) is 10.8. The Hall–Kier alpha value is -2.49. The molecule has 0 saturated carbocycles. The number of nitrogens with two attached hydrogens (primary N) is 1. The minimum absolute atomic E-state index is 0.645. The van der Waals surface area contributed by atoms with Gasteiger partial charge in [-0.25, -0.2) is 4.98 Å². The Morgan fingerprint density at radius 3 is 2.79 bits per heavy atom. The Morgan fingerprint density at radius 1 is 1.21 bits per heavy atom. The summed E-state index contributed by atoms with van der Waals surface area (Å²) in [5.41, 5.74) is 9.92. The summed E-state index contributed by atoms with van der Waals surface area (Å²) in [7, 11) is 1.65. The van der Waals surface area contributed by atoms with Crippen molar-refractivity contribution < 1.29 is 4.74 Å². The average Bonchev–Trinajstić information content (AvgIpc) is 2.78. The molecule has 0 aliphatic carbocycles. The number of methoxy groups -OCH3 is 1. The maximum Gasteiger partial charge on any atom is 0.142 e. The van der Waals surface area contributed by atoms with Crippen molar-refractivity contribution in [2.45, 2.75) is 6.92 Å². The van der Waals surface area contributed by atoms with Gasteiger partial charge in [-0.15, -0.1) is 0 Å². The number of aryl methyl sites for hydroxylation is 1. The highest BCUT2D eigenvalue weighted by Gasteiger charge is 2.12. The molecule has 19 heavy (non-hydrogen) atoms. The van der Waals surface area contributed by atoms with Crippen LogP contribution in [0.4, 0.5) is 5.82 Å². The molecule has 0 amide bonds. The maximum atomic E-state index is 6.19. The third kappa shape index (κ3) is 1.81. The van der Waals surface area contributed by atoms with E-state index in [1.807, 2.05) is 53.9 Å². The van der Waals surface area contributed by atoms with E-state index in [2.05, 4.69) is 4.98 Å². The minimum atomic E-state index is 0.645. The number of benzene rings is 1. The maximum absolute atomic E-state index is 6.19. The van der Waals surface area contributed by atoms with E-state index in [9.17, 15) is 0 Å². The van der Waals surface area contributed by atoms with Crippen molar-refractivity contribution in [3.8, 4) is 17.0 Å². The lowest BCUT2D eigenvalue weighted by molar-refractivity contribution is 0.415. The third-order valence-electron chi connectivity index (χ3n) is 3.23. The number of hydrogen-bond acceptors (Lipinski definition) is 3. The fraction of sp³-hybridized carbons (Fsp3) is 0.133. The van der Waals surface area contributed by atoms with Crippen molar-refractivity contribution >= 4 is 11.5 Å². The van der Waals surface area contributed by atoms with Crippen molar-refractivity contribution in [1.29, 1.82) is 0 Å². The molecule has 2 aromatic heterocycles. The van der Waals surface area contributed by atoms with Gasteiger partial charge in [0.25, 0.3) is 0 Å². The molecule has 0 spiro atoms. The van der Waals surface area contributed by atoms with Crippen LogP contribution in [0.15, 0.2) is 42.6 Å². The topological polar surface area (TPSA) is 52.5 Å². The van der Waals surface area contributed by atoms with Gasteiger partial charge in [-0.3, -0.25) is 4.40 Å². The number of pyridine rings is 1. The molecular weight excluding hydrogens is 238 g/mol. The van der Waals surface area contributed by atoms with Gasteiger partial charge in [-0.05, 0) is 30.7 Å². The molecule has 4 nitrogen and oxygen atoms in total. The molecule has 0 bridgehead atoms. The highest BCUT2D eigenvalue weighted by Crippen LogP contribution is 2.29. The molecule has 2 N–H and O–H groups in total. The molecule has 0 unspecified atom stereocenters. The van der Waals surface area contributed by atoms with Crippen LogP contribution in [0, 0.1) is 6.92 Å². The lowest BCUT2D eigenvalue weighted by Gasteiger charge is -2.02. The zero-order valence-electron chi connectivity index (χ0n) is 10.9. The number of nitrogens with zero attached hydrogens (tertiary/aromatic N) is 2. The molecule has 0 fully saturated rings. The third-order valence-corrected chi connectivity index (χ3v) is 3.23. The van der Waals surface area contributed by atoms with Crippen LogP contribution in [0.2, 0.25) is 0 Å². The van der Waals surface area contributed by atoms with E-state index in [1.165, 1.54) is 0 Å². The number of imidazole rings is 1. The minimum Gasteiger partial charge on any atom is -0.497 e. The fourth-order valence-corrected chi connectivity index (χ4v) is 2.21. The first-order valence-corrected chi connectivity index (χ1v) is 6.08. The van der Waals surface area contributed by atoms with Gasteiger partial charge >= 0.3 is 0 Å². The molecular formula is C15H15N3O. The summed E-state index contributed by atoms with van der Waals surface area (Å²) in [5, 5.41) is 0. The first-order chi connectivity index (χ1) is 9.20. The monoisotopic (exact) mass is 253 g/mol. The standard InChI is InChI=1S/C15H15N3O/c1-10-5-4-8-18-14(16)13(17-15(10)18)11-6-3-7-12(9-11)19-2/h3-9H,16H2,1-2H3. The van der Waals surface area contributed by atoms with Gasteiger partial charge < -0.3 is 10.5 Å². The smallest absolute Gasteiger partial charge is 0.142 e. The van der Waals surface area contributed by atoms with E-state index < -0.39 is 0 Å². The molecule has 96 valence electrons. The summed E-state index contributed by atoms with van der Waals surface area (Å²) < 4.78 is 7.15. The number of nitrogen functional groups attached to an aromatic ring is 1. The SMILES string of the molecule is COc1cccc(-c2nc3c(C)cccn3c2N)c1. The van der Waals surface area contributed by atoms with Crippen molar-refractivity contribution in [3.63, 3.8) is 0 Å². The highest BCUT2D eigenvalue weighted by atomic mass is 16.5. The van der Waals surface area contributed by atoms with Crippen molar-refractivity contribution in [2.75, 3.05) is 12.8 Å². The Kier molecular flexibility index (Phi) is 2.63. The predicted octanol–water partition coefficient (Wildman–Crippen LogP) is 2.90. The van der Waals surface area contributed by atoms with Crippen molar-refractivity contribution in [3.05, 3.63) is 48.2 Å². The predicted molar refractivity (Wildman–Crippen MR) is 76.3 cm³/mol. The quantitative estimate of drug-likeness (QED) is 0.764. The van der Waals surface area contributed by atoms with Crippen molar-refractivity contribution in [2.24, 2.45) is 0 Å². The van der Waals surface area contributed by atoms with Gasteiger partial charge in [0.2, 0.25) is 0 Å². The summed E-state index contributed by atoms with van der Waals surface area (Å²) in [6, 6.07) is 11.8. The fourth-order valence-electron chi connectivity index (χ4n) is 2.21. The molecule has 1 aromatic carbocycles. The molecule has 3 aromatic rings. The summed E-state index contributed by atoms with van der Waals surface area (Å²) in [5.74, 6) is 1.44. The van der Waals surface area contributed by atoms with Crippen LogP contribution in [-0.2, 0) is 0 Å². The van der Waals surface area contributed by atoms with Gasteiger partial charge in [0.05, 0.1) is 7.11 Å². The van der Waals surface area contributed by atoms with E-state index in [4.69, 9.17) is 10.5 Å². The van der Waals surface area contributed by atoms with E-state index >= 15 is 0 Å². The Morgan fingerprint density at radius 2 is 2.05 bits per heavy atom. The van der Waals surface area contributed by atoms with E-state index in [0.29, 0.717) is 5.82 Å². The Bertz CT molecular complexity index is 746. The lowest BCUT2D eigenvalue weighted by Crippen LogP contribution is -1.94. The molecule has 0 saturated heterocycles. The Balaban J connectivity index is 2.25. The first-order valence-electron chi connectivity index (χ1n) is 6.08. The van der Waals surface area contributed by atoms with Gasteiger partial charge in [0.15, 0.2) is 0 Å². The van der Waals surface area contributed by atoms with Crippen LogP contribution in [-0.4, -0.2) is 16.5 Å². The number of fused-ring (bicyclic) bond motifs is 1. The highest BCUT2D eigenvalue weighted by molar-refractivity contribution is 5.76. The van der Waals surface area contributed by atoms with Crippen LogP contribution in [0.3, 0.4) is 0 Å². The summed E-state index contributed by atoms with van der Waals surface area (Å²) in [4.78, 5) is 4.64. The molecule has 4 heteroatoms. The zero-order chi connectivity index (χ0) is 13.4. The molecule has 0 aliphatic rings. The van der Waals surface area contributed by atoms with Gasteiger partial charge in [-0.2, -0.15) is 0 Å². The summed E-state index contributed by atoms with van der Waals surface area (Å²) in [6.07, 6.45) is 1.92. The van der Waals surface area contributed by atoms with Crippen LogP contribution in [0.5, 0.6) is 5.75 Å². The van der Waals surface area contributed by atoms with Crippen LogP contribution in [0.1, 0.15) is 5.56 Å². The van der Waals surface area contributed by atoms with Gasteiger partial charge in [0.1, 0.15) is 22.9 Å². The first kappa shape index (κ1) is 11.6. The van der Waals surface area contributed by atoms with E-state index in [-0.39, 0.29) is 0 Å². The molecule has 0 radical (unpaired) electrons. The molecule has 0 aliphatic heterocycles. The van der Waals surface area contributed by atoms with Crippen LogP contribution >= 0.6 is 0 Å². The van der Waals surface area contributed by atoms with Gasteiger partial charge in [0, 0.05) is 11.8 Å². The zero-order valence-corrected chi connectivity index (χ0v) is 10.9.